The molecule has 0 aromatic heterocycles. The lowest BCUT2D eigenvalue weighted by atomic mass is 9.65. The molecule has 4 rings (SSSR count). The number of hydrogen-bond donors (Lipinski definition) is 2. The van der Waals surface area contributed by atoms with Crippen LogP contribution in [0.5, 0.6) is 0 Å². The van der Waals surface area contributed by atoms with Crippen molar-refractivity contribution >= 4 is 17.8 Å². The number of fused-ring (bicyclic) bond motifs is 1. The van der Waals surface area contributed by atoms with Crippen LogP contribution in [0.1, 0.15) is 58.8 Å². The van der Waals surface area contributed by atoms with Gasteiger partial charge in [-0.3, -0.25) is 19.3 Å². The lowest BCUT2D eigenvalue weighted by molar-refractivity contribution is -0.160. The van der Waals surface area contributed by atoms with E-state index in [-0.39, 0.29) is 25.0 Å². The van der Waals surface area contributed by atoms with E-state index < -0.39 is 35.0 Å². The van der Waals surface area contributed by atoms with Gasteiger partial charge in [-0.1, -0.05) is 19.8 Å². The van der Waals surface area contributed by atoms with Crippen LogP contribution >= 0.6 is 0 Å². The predicted molar refractivity (Wildman–Crippen MR) is 131 cm³/mol. The van der Waals surface area contributed by atoms with Gasteiger partial charge in [0.15, 0.2) is 0 Å². The minimum Gasteiger partial charge on any atom is -0.466 e. The number of carbonyl (C=O) groups excluding carboxylic acids is 3. The van der Waals surface area contributed by atoms with Gasteiger partial charge in [0.25, 0.3) is 0 Å². The molecule has 0 radical (unpaired) electrons. The smallest absolute Gasteiger partial charge is 0.312 e. The Bertz CT molecular complexity index is 804. The molecule has 0 saturated carbocycles. The first kappa shape index (κ1) is 27.3. The molecule has 2 N–H and O–H groups in total. The van der Waals surface area contributed by atoms with E-state index in [1.807, 2.05) is 6.92 Å². The molecule has 0 aromatic carbocycles. The Morgan fingerprint density at radius 1 is 1.11 bits per heavy atom. The van der Waals surface area contributed by atoms with Gasteiger partial charge in [-0.25, -0.2) is 0 Å². The maximum atomic E-state index is 13.9. The predicted octanol–water partition coefficient (Wildman–Crippen LogP) is 0.705. The fraction of sp³-hybridized carbons (Fsp3) is 0.885. The van der Waals surface area contributed by atoms with Gasteiger partial charge in [-0.2, -0.15) is 0 Å². The highest BCUT2D eigenvalue weighted by Gasteiger charge is 2.78. The van der Waals surface area contributed by atoms with Crippen molar-refractivity contribution in [2.75, 3.05) is 59.2 Å². The summed E-state index contributed by atoms with van der Waals surface area (Å²) in [5.74, 6) is -2.15. The average Bonchev–Trinajstić information content (AvgIpc) is 3.48. The maximum Gasteiger partial charge on any atom is 0.312 e. The van der Waals surface area contributed by atoms with Crippen LogP contribution in [0.25, 0.3) is 0 Å². The third-order valence-corrected chi connectivity index (χ3v) is 8.61. The van der Waals surface area contributed by atoms with Gasteiger partial charge < -0.3 is 29.5 Å². The van der Waals surface area contributed by atoms with Crippen molar-refractivity contribution in [3.05, 3.63) is 0 Å². The van der Waals surface area contributed by atoms with Crippen molar-refractivity contribution in [1.29, 1.82) is 0 Å². The Morgan fingerprint density at radius 3 is 2.56 bits per heavy atom. The number of nitrogens with zero attached hydrogens (tertiary/aromatic N) is 2. The van der Waals surface area contributed by atoms with E-state index in [4.69, 9.17) is 19.3 Å². The molecule has 2 bridgehead atoms. The van der Waals surface area contributed by atoms with Crippen molar-refractivity contribution in [3.8, 4) is 0 Å². The molecule has 0 aromatic rings. The lowest BCUT2D eigenvalue weighted by Crippen LogP contribution is -2.56. The quantitative estimate of drug-likeness (QED) is 0.275. The van der Waals surface area contributed by atoms with Crippen LogP contribution in [-0.4, -0.2) is 109 Å². The van der Waals surface area contributed by atoms with Gasteiger partial charge in [0.2, 0.25) is 11.8 Å². The number of aliphatic hydroxyl groups excluding tert-OH is 1. The molecule has 4 saturated heterocycles. The summed E-state index contributed by atoms with van der Waals surface area (Å²) >= 11 is 0. The van der Waals surface area contributed by atoms with E-state index in [1.165, 1.54) is 0 Å². The van der Waals surface area contributed by atoms with E-state index in [9.17, 15) is 14.4 Å². The second kappa shape index (κ2) is 11.8. The van der Waals surface area contributed by atoms with Gasteiger partial charge in [0, 0.05) is 39.3 Å². The van der Waals surface area contributed by atoms with Crippen LogP contribution in [0.3, 0.4) is 0 Å². The van der Waals surface area contributed by atoms with E-state index in [1.54, 1.807) is 11.8 Å². The molecule has 1 spiro atoms. The second-order valence-electron chi connectivity index (χ2n) is 10.5. The van der Waals surface area contributed by atoms with Crippen LogP contribution in [-0.2, 0) is 28.6 Å². The molecule has 36 heavy (non-hydrogen) atoms. The summed E-state index contributed by atoms with van der Waals surface area (Å²) in [6.45, 7) is 8.84. The lowest BCUT2D eigenvalue weighted by Gasteiger charge is -2.34. The molecule has 10 heteroatoms. The largest absolute Gasteiger partial charge is 0.466 e. The Morgan fingerprint density at radius 2 is 1.86 bits per heavy atom. The first-order valence-corrected chi connectivity index (χ1v) is 13.8. The molecule has 10 nitrogen and oxygen atoms in total. The van der Waals surface area contributed by atoms with Crippen LogP contribution in [0, 0.1) is 11.8 Å². The highest BCUT2D eigenvalue weighted by Crippen LogP contribution is 2.64. The van der Waals surface area contributed by atoms with Crippen LogP contribution < -0.4 is 5.32 Å². The summed E-state index contributed by atoms with van der Waals surface area (Å²) in [5, 5.41) is 12.2. The van der Waals surface area contributed by atoms with E-state index in [0.717, 1.165) is 45.3 Å². The molecule has 2 unspecified atom stereocenters. The molecular formula is C26H43N3O7. The molecule has 0 aliphatic carbocycles. The van der Waals surface area contributed by atoms with Crippen molar-refractivity contribution in [3.63, 3.8) is 0 Å². The first-order valence-electron chi connectivity index (χ1n) is 13.8. The van der Waals surface area contributed by atoms with Gasteiger partial charge in [-0.05, 0) is 39.0 Å². The summed E-state index contributed by atoms with van der Waals surface area (Å²) in [4.78, 5) is 44.7. The number of hydrogen-bond acceptors (Lipinski definition) is 8. The zero-order chi connectivity index (χ0) is 25.8. The molecule has 4 fully saturated rings. The Balaban J connectivity index is 1.54. The van der Waals surface area contributed by atoms with Gasteiger partial charge in [0.05, 0.1) is 31.3 Å². The topological polar surface area (TPSA) is 118 Å². The number of amides is 2. The minimum atomic E-state index is -1.00. The highest BCUT2D eigenvalue weighted by atomic mass is 16.6. The fourth-order valence-corrected chi connectivity index (χ4v) is 6.86. The van der Waals surface area contributed by atoms with Crippen LogP contribution in [0.4, 0.5) is 0 Å². The summed E-state index contributed by atoms with van der Waals surface area (Å²) in [5.41, 5.74) is -1.76. The molecule has 5 atom stereocenters. The molecule has 4 aliphatic rings. The van der Waals surface area contributed by atoms with Crippen molar-refractivity contribution in [2.24, 2.45) is 11.8 Å². The molecule has 4 heterocycles. The average molecular weight is 510 g/mol. The molecule has 204 valence electrons. The number of unbranched alkanes of at least 4 members (excludes halogenated alkanes) is 3. The molecule has 2 amide bonds. The van der Waals surface area contributed by atoms with Crippen molar-refractivity contribution < 1.29 is 33.7 Å². The number of likely N-dealkylation sites (tertiary alicyclic amines) is 1. The number of morpholine rings is 1. The normalized spacial score (nSPS) is 33.7. The maximum absolute atomic E-state index is 13.9. The zero-order valence-corrected chi connectivity index (χ0v) is 21.8. The SMILES string of the molecule is CCOC(=O)[C@@H]1[C@H]2C(=O)N(CCCCCCO)C(C(=O)NCCN3CCOCC3)C23CC[C@@]1(CC)O3. The highest BCUT2D eigenvalue weighted by molar-refractivity contribution is 5.98. The van der Waals surface area contributed by atoms with Crippen molar-refractivity contribution in [1.82, 2.24) is 15.1 Å². The minimum absolute atomic E-state index is 0.149. The number of aliphatic hydroxyl groups is 1. The Labute approximate surface area is 214 Å². The summed E-state index contributed by atoms with van der Waals surface area (Å²) in [6.07, 6.45) is 4.98. The third-order valence-electron chi connectivity index (χ3n) is 8.61. The standard InChI is InChI=1S/C26H43N3O7/c1-3-25-9-10-26(36-25)19(20(25)24(33)35-4-2)23(32)29(12-7-5-6-8-16-30)21(26)22(31)27-11-13-28-14-17-34-18-15-28/h19-21,30H,3-18H2,1-2H3,(H,27,31)/t19-,20-,21?,25+,26?/m0/s1. The number of rotatable bonds is 13. The molecule has 4 aliphatic heterocycles. The van der Waals surface area contributed by atoms with Gasteiger partial charge in [-0.15, -0.1) is 0 Å². The zero-order valence-electron chi connectivity index (χ0n) is 21.8. The third kappa shape index (κ3) is 4.89. The number of nitrogens with one attached hydrogen (secondary N) is 1. The van der Waals surface area contributed by atoms with Crippen LogP contribution in [0.2, 0.25) is 0 Å². The number of carbonyl (C=O) groups is 3. The van der Waals surface area contributed by atoms with Crippen molar-refractivity contribution in [2.45, 2.75) is 76.0 Å². The van der Waals surface area contributed by atoms with E-state index in [0.29, 0.717) is 45.6 Å². The number of ether oxygens (including phenoxy) is 3. The van der Waals surface area contributed by atoms with Gasteiger partial charge in [0.1, 0.15) is 17.6 Å². The van der Waals surface area contributed by atoms with E-state index in [2.05, 4.69) is 10.2 Å². The second-order valence-corrected chi connectivity index (χ2v) is 10.5. The van der Waals surface area contributed by atoms with E-state index >= 15 is 0 Å². The van der Waals surface area contributed by atoms with Gasteiger partial charge >= 0.3 is 5.97 Å². The molecular weight excluding hydrogens is 466 g/mol. The summed E-state index contributed by atoms with van der Waals surface area (Å²) in [6, 6.07) is -0.759. The summed E-state index contributed by atoms with van der Waals surface area (Å²) in [7, 11) is 0. The first-order chi connectivity index (χ1) is 17.4. The number of esters is 1. The monoisotopic (exact) mass is 509 g/mol. The Kier molecular flexibility index (Phi) is 8.91. The summed E-state index contributed by atoms with van der Waals surface area (Å²) < 4.78 is 17.5. The Hall–Kier alpha value is -1.75. The van der Waals surface area contributed by atoms with Crippen LogP contribution in [0.15, 0.2) is 0 Å². The fourth-order valence-electron chi connectivity index (χ4n) is 6.86.